The highest BCUT2D eigenvalue weighted by Crippen LogP contribution is 2.16. The Labute approximate surface area is 136 Å². The molecule has 2 rings (SSSR count). The van der Waals surface area contributed by atoms with Gasteiger partial charge in [-0.15, -0.1) is 0 Å². The maximum Gasteiger partial charge on any atom is 0.344 e. The minimum Gasteiger partial charge on any atom is -0.479 e. The molecule has 0 spiro atoms. The Hall–Kier alpha value is -2.34. The number of aromatic nitrogens is 2. The topological polar surface area (TPSA) is 67.6 Å². The first kappa shape index (κ1) is 17.0. The summed E-state index contributed by atoms with van der Waals surface area (Å²) in [6.07, 6.45) is 1.19. The average Bonchev–Trinajstić information content (AvgIpc) is 2.78. The largest absolute Gasteiger partial charge is 0.479 e. The molecule has 0 aliphatic carbocycles. The summed E-state index contributed by atoms with van der Waals surface area (Å²) in [6.45, 7) is 5.15. The van der Waals surface area contributed by atoms with E-state index in [-0.39, 0.29) is 0 Å². The minimum absolute atomic E-state index is 0.564. The molecule has 1 aromatic heterocycles. The van der Waals surface area contributed by atoms with Crippen molar-refractivity contribution >= 4 is 5.97 Å². The van der Waals surface area contributed by atoms with Gasteiger partial charge in [-0.2, -0.15) is 5.10 Å². The lowest BCUT2D eigenvalue weighted by molar-refractivity contribution is -0.144. The van der Waals surface area contributed by atoms with Gasteiger partial charge in [-0.05, 0) is 38.6 Å². The summed E-state index contributed by atoms with van der Waals surface area (Å²) < 4.78 is 7.15. The van der Waals surface area contributed by atoms with Crippen molar-refractivity contribution in [3.05, 3.63) is 47.3 Å². The van der Waals surface area contributed by atoms with Gasteiger partial charge in [0.25, 0.3) is 0 Å². The molecule has 1 heterocycles. The molecule has 2 aromatic rings. The summed E-state index contributed by atoms with van der Waals surface area (Å²) in [5, 5.41) is 13.2. The smallest absolute Gasteiger partial charge is 0.344 e. The molecular formula is C17H23N3O3. The molecule has 0 amide bonds. The molecule has 6 nitrogen and oxygen atoms in total. The second-order valence-corrected chi connectivity index (χ2v) is 5.83. The summed E-state index contributed by atoms with van der Waals surface area (Å²) in [5.41, 5.74) is 3.40. The van der Waals surface area contributed by atoms with Gasteiger partial charge in [-0.25, -0.2) is 4.79 Å². The lowest BCUT2D eigenvalue weighted by atomic mass is 10.2. The van der Waals surface area contributed by atoms with E-state index in [2.05, 4.69) is 17.0 Å². The summed E-state index contributed by atoms with van der Waals surface area (Å²) in [4.78, 5) is 13.0. The fourth-order valence-corrected chi connectivity index (χ4v) is 2.39. The SMILES string of the molecule is Cc1nn(C)cc1CN(C)Cc1ccc(O[C@H](C)C(=O)O)cc1. The van der Waals surface area contributed by atoms with Gasteiger partial charge < -0.3 is 9.84 Å². The van der Waals surface area contributed by atoms with E-state index in [1.165, 1.54) is 12.5 Å². The monoisotopic (exact) mass is 317 g/mol. The fraction of sp³-hybridized carbons (Fsp3) is 0.412. The Balaban J connectivity index is 1.92. The molecule has 124 valence electrons. The molecule has 0 radical (unpaired) electrons. The first-order chi connectivity index (χ1) is 10.8. The Kier molecular flexibility index (Phi) is 5.39. The zero-order valence-corrected chi connectivity index (χ0v) is 14.0. The van der Waals surface area contributed by atoms with Crippen LogP contribution < -0.4 is 4.74 Å². The van der Waals surface area contributed by atoms with Crippen molar-refractivity contribution in [1.82, 2.24) is 14.7 Å². The Morgan fingerprint density at radius 2 is 2.00 bits per heavy atom. The molecule has 0 saturated heterocycles. The molecule has 1 aromatic carbocycles. The van der Waals surface area contributed by atoms with Crippen LogP contribution in [0, 0.1) is 6.92 Å². The Morgan fingerprint density at radius 3 is 2.52 bits per heavy atom. The van der Waals surface area contributed by atoms with Gasteiger partial charge in [0.15, 0.2) is 6.10 Å². The number of hydrogen-bond acceptors (Lipinski definition) is 4. The molecular weight excluding hydrogens is 294 g/mol. The molecule has 0 bridgehead atoms. The van der Waals surface area contributed by atoms with Crippen LogP contribution in [0.25, 0.3) is 0 Å². The van der Waals surface area contributed by atoms with Crippen LogP contribution in [0.1, 0.15) is 23.7 Å². The number of aryl methyl sites for hydroxylation is 2. The molecule has 6 heteroatoms. The summed E-state index contributed by atoms with van der Waals surface area (Å²) in [5.74, 6) is -0.407. The summed E-state index contributed by atoms with van der Waals surface area (Å²) in [6, 6.07) is 7.52. The third-order valence-electron chi connectivity index (χ3n) is 3.59. The molecule has 0 aliphatic rings. The second-order valence-electron chi connectivity index (χ2n) is 5.83. The van der Waals surface area contributed by atoms with Crippen molar-refractivity contribution in [3.8, 4) is 5.75 Å². The van der Waals surface area contributed by atoms with Gasteiger partial charge in [0.2, 0.25) is 0 Å². The van der Waals surface area contributed by atoms with Crippen molar-refractivity contribution in [2.75, 3.05) is 7.05 Å². The van der Waals surface area contributed by atoms with Crippen LogP contribution >= 0.6 is 0 Å². The molecule has 1 N–H and O–H groups in total. The van der Waals surface area contributed by atoms with Gasteiger partial charge in [0, 0.05) is 31.9 Å². The Morgan fingerprint density at radius 1 is 1.35 bits per heavy atom. The summed E-state index contributed by atoms with van der Waals surface area (Å²) in [7, 11) is 3.98. The third kappa shape index (κ3) is 4.82. The van der Waals surface area contributed by atoms with Crippen LogP contribution in [-0.2, 0) is 24.9 Å². The molecule has 0 aliphatic heterocycles. The fourth-order valence-electron chi connectivity index (χ4n) is 2.39. The van der Waals surface area contributed by atoms with Crippen LogP contribution in [-0.4, -0.2) is 38.9 Å². The maximum atomic E-state index is 10.8. The molecule has 23 heavy (non-hydrogen) atoms. The molecule has 0 unspecified atom stereocenters. The van der Waals surface area contributed by atoms with E-state index in [9.17, 15) is 4.79 Å². The van der Waals surface area contributed by atoms with E-state index in [0.29, 0.717) is 5.75 Å². The lowest BCUT2D eigenvalue weighted by Gasteiger charge is -2.17. The predicted octanol–water partition coefficient (Wildman–Crippen LogP) is 2.21. The number of aliphatic carboxylic acids is 1. The number of ether oxygens (including phenoxy) is 1. The van der Waals surface area contributed by atoms with E-state index in [1.54, 1.807) is 12.1 Å². The zero-order valence-electron chi connectivity index (χ0n) is 14.0. The Bertz CT molecular complexity index is 664. The predicted molar refractivity (Wildman–Crippen MR) is 87.3 cm³/mol. The van der Waals surface area contributed by atoms with E-state index >= 15 is 0 Å². The average molecular weight is 317 g/mol. The summed E-state index contributed by atoms with van der Waals surface area (Å²) >= 11 is 0. The number of carboxylic acids is 1. The van der Waals surface area contributed by atoms with Gasteiger partial charge in [-0.3, -0.25) is 9.58 Å². The van der Waals surface area contributed by atoms with Gasteiger partial charge >= 0.3 is 5.97 Å². The molecule has 0 fully saturated rings. The second kappa shape index (κ2) is 7.28. The number of rotatable bonds is 7. The highest BCUT2D eigenvalue weighted by molar-refractivity contribution is 5.72. The van der Waals surface area contributed by atoms with Gasteiger partial charge in [0.1, 0.15) is 5.75 Å². The standard InChI is InChI=1S/C17H23N3O3/c1-12-15(11-20(4)18-12)10-19(3)9-14-5-7-16(8-6-14)23-13(2)17(21)22/h5-8,11,13H,9-10H2,1-4H3,(H,21,22)/t13-/m1/s1. The van der Waals surface area contributed by atoms with Gasteiger partial charge in [-0.1, -0.05) is 12.1 Å². The normalized spacial score (nSPS) is 12.4. The first-order valence-corrected chi connectivity index (χ1v) is 7.51. The van der Waals surface area contributed by atoms with E-state index < -0.39 is 12.1 Å². The number of nitrogens with zero attached hydrogens (tertiary/aromatic N) is 3. The number of carboxylic acid groups (broad SMARTS) is 1. The van der Waals surface area contributed by atoms with E-state index in [4.69, 9.17) is 9.84 Å². The highest BCUT2D eigenvalue weighted by Gasteiger charge is 2.12. The maximum absolute atomic E-state index is 10.8. The van der Waals surface area contributed by atoms with Crippen LogP contribution in [0.4, 0.5) is 0 Å². The third-order valence-corrected chi connectivity index (χ3v) is 3.59. The van der Waals surface area contributed by atoms with Gasteiger partial charge in [0.05, 0.1) is 5.69 Å². The van der Waals surface area contributed by atoms with Crippen molar-refractivity contribution in [2.24, 2.45) is 7.05 Å². The van der Waals surface area contributed by atoms with Crippen molar-refractivity contribution < 1.29 is 14.6 Å². The zero-order chi connectivity index (χ0) is 17.0. The quantitative estimate of drug-likeness (QED) is 0.848. The van der Waals surface area contributed by atoms with Crippen molar-refractivity contribution in [2.45, 2.75) is 33.0 Å². The van der Waals surface area contributed by atoms with Crippen molar-refractivity contribution in [3.63, 3.8) is 0 Å². The highest BCUT2D eigenvalue weighted by atomic mass is 16.5. The number of hydrogen-bond donors (Lipinski definition) is 1. The number of carbonyl (C=O) groups is 1. The van der Waals surface area contributed by atoms with Crippen LogP contribution in [0.5, 0.6) is 5.75 Å². The van der Waals surface area contributed by atoms with E-state index in [1.807, 2.05) is 37.0 Å². The first-order valence-electron chi connectivity index (χ1n) is 7.51. The van der Waals surface area contributed by atoms with E-state index in [0.717, 1.165) is 24.3 Å². The van der Waals surface area contributed by atoms with Crippen molar-refractivity contribution in [1.29, 1.82) is 0 Å². The van der Waals surface area contributed by atoms with Crippen LogP contribution in [0.15, 0.2) is 30.5 Å². The molecule has 0 saturated carbocycles. The lowest BCUT2D eigenvalue weighted by Crippen LogP contribution is -2.22. The number of benzene rings is 1. The van der Waals surface area contributed by atoms with Crippen LogP contribution in [0.3, 0.4) is 0 Å². The molecule has 1 atom stereocenters. The van der Waals surface area contributed by atoms with Crippen LogP contribution in [0.2, 0.25) is 0 Å². The minimum atomic E-state index is -0.972.